The molecule has 3 rings (SSSR count). The number of nitrogens with one attached hydrogen (secondary N) is 2. The molecule has 2 amide bonds. The van der Waals surface area contributed by atoms with Gasteiger partial charge in [0.15, 0.2) is 0 Å². The Morgan fingerprint density at radius 2 is 1.71 bits per heavy atom. The number of piperidine rings is 1. The second-order valence-electron chi connectivity index (χ2n) is 7.68. The van der Waals surface area contributed by atoms with Crippen molar-refractivity contribution in [2.24, 2.45) is 0 Å². The minimum Gasteiger partial charge on any atom is -0.497 e. The van der Waals surface area contributed by atoms with E-state index in [4.69, 9.17) is 4.74 Å². The van der Waals surface area contributed by atoms with Crippen LogP contribution < -0.4 is 15.4 Å². The molecule has 0 aromatic heterocycles. The molecule has 0 aliphatic carbocycles. The molecule has 166 valence electrons. The molecule has 31 heavy (non-hydrogen) atoms. The van der Waals surface area contributed by atoms with Crippen LogP contribution in [0.5, 0.6) is 5.75 Å². The van der Waals surface area contributed by atoms with Crippen molar-refractivity contribution in [1.29, 1.82) is 0 Å². The summed E-state index contributed by atoms with van der Waals surface area (Å²) in [5.41, 5.74) is 1.95. The molecule has 7 heteroatoms. The van der Waals surface area contributed by atoms with Crippen LogP contribution in [0.15, 0.2) is 53.4 Å². The van der Waals surface area contributed by atoms with Gasteiger partial charge in [0.1, 0.15) is 5.75 Å². The molecule has 0 saturated carbocycles. The number of methoxy groups -OCH3 is 1. The highest BCUT2D eigenvalue weighted by molar-refractivity contribution is 8.00. The van der Waals surface area contributed by atoms with Crippen LogP contribution in [0.2, 0.25) is 0 Å². The first-order valence-corrected chi connectivity index (χ1v) is 11.7. The van der Waals surface area contributed by atoms with E-state index in [0.29, 0.717) is 12.3 Å². The first kappa shape index (κ1) is 23.2. The number of amides is 2. The van der Waals surface area contributed by atoms with E-state index in [1.165, 1.54) is 43.5 Å². The van der Waals surface area contributed by atoms with Gasteiger partial charge >= 0.3 is 0 Å². The van der Waals surface area contributed by atoms with Crippen molar-refractivity contribution in [3.8, 4) is 5.75 Å². The summed E-state index contributed by atoms with van der Waals surface area (Å²) in [4.78, 5) is 27.1. The third kappa shape index (κ3) is 7.29. The maximum absolute atomic E-state index is 12.5. The fourth-order valence-electron chi connectivity index (χ4n) is 3.76. The SMILES string of the molecule is COc1ccc([C@H](CNC(=O)CSc2ccc(NC(C)=O)cc2)N2CCCCC2)cc1. The van der Waals surface area contributed by atoms with Gasteiger partial charge in [-0.05, 0) is 67.9 Å². The number of ether oxygens (including phenoxy) is 1. The highest BCUT2D eigenvalue weighted by Crippen LogP contribution is 2.26. The van der Waals surface area contributed by atoms with E-state index in [2.05, 4.69) is 27.7 Å². The first-order chi connectivity index (χ1) is 15.0. The standard InChI is InChI=1S/C24H31N3O3S/c1-18(28)26-20-8-12-22(13-9-20)31-17-24(29)25-16-23(27-14-4-3-5-15-27)19-6-10-21(30-2)11-7-19/h6-13,23H,3-5,14-17H2,1-2H3,(H,25,29)(H,26,28)/t23-/m0/s1. The molecule has 6 nitrogen and oxygen atoms in total. The van der Waals surface area contributed by atoms with Gasteiger partial charge in [0.25, 0.3) is 0 Å². The lowest BCUT2D eigenvalue weighted by Crippen LogP contribution is -2.41. The lowest BCUT2D eigenvalue weighted by atomic mass is 10.0. The van der Waals surface area contributed by atoms with Gasteiger partial charge in [-0.1, -0.05) is 18.6 Å². The number of hydrogen-bond acceptors (Lipinski definition) is 5. The maximum atomic E-state index is 12.5. The molecule has 1 saturated heterocycles. The number of hydrogen-bond donors (Lipinski definition) is 2. The van der Waals surface area contributed by atoms with Gasteiger partial charge < -0.3 is 15.4 Å². The van der Waals surface area contributed by atoms with Crippen LogP contribution >= 0.6 is 11.8 Å². The normalized spacial score (nSPS) is 15.2. The number of likely N-dealkylation sites (tertiary alicyclic amines) is 1. The summed E-state index contributed by atoms with van der Waals surface area (Å²) in [6, 6.07) is 15.8. The van der Waals surface area contributed by atoms with Gasteiger partial charge in [-0.25, -0.2) is 0 Å². The van der Waals surface area contributed by atoms with E-state index in [1.807, 2.05) is 36.4 Å². The minimum absolute atomic E-state index is 0.0199. The Hall–Kier alpha value is -2.51. The van der Waals surface area contributed by atoms with Crippen LogP contribution in [0.25, 0.3) is 0 Å². The molecule has 1 atom stereocenters. The molecule has 1 heterocycles. The number of nitrogens with zero attached hydrogens (tertiary/aromatic N) is 1. The molecule has 0 spiro atoms. The fraction of sp³-hybridized carbons (Fsp3) is 0.417. The summed E-state index contributed by atoms with van der Waals surface area (Å²) < 4.78 is 5.29. The second kappa shape index (κ2) is 11.8. The van der Waals surface area contributed by atoms with Gasteiger partial charge in [-0.2, -0.15) is 0 Å². The largest absolute Gasteiger partial charge is 0.497 e. The number of rotatable bonds is 9. The Morgan fingerprint density at radius 3 is 2.32 bits per heavy atom. The summed E-state index contributed by atoms with van der Waals surface area (Å²) in [6.07, 6.45) is 3.67. The van der Waals surface area contributed by atoms with Crippen molar-refractivity contribution in [2.45, 2.75) is 37.1 Å². The molecule has 0 bridgehead atoms. The monoisotopic (exact) mass is 441 g/mol. The quantitative estimate of drug-likeness (QED) is 0.574. The Kier molecular flexibility index (Phi) is 8.79. The summed E-state index contributed by atoms with van der Waals surface area (Å²) >= 11 is 1.49. The highest BCUT2D eigenvalue weighted by Gasteiger charge is 2.23. The fourth-order valence-corrected chi connectivity index (χ4v) is 4.49. The van der Waals surface area contributed by atoms with E-state index in [-0.39, 0.29) is 17.9 Å². The van der Waals surface area contributed by atoms with Crippen LogP contribution in [-0.4, -0.2) is 49.2 Å². The summed E-state index contributed by atoms with van der Waals surface area (Å²) in [5, 5.41) is 5.87. The molecule has 0 radical (unpaired) electrons. The van der Waals surface area contributed by atoms with Gasteiger partial charge in [-0.15, -0.1) is 11.8 Å². The third-order valence-electron chi connectivity index (χ3n) is 5.37. The molecule has 1 fully saturated rings. The van der Waals surface area contributed by atoms with Crippen molar-refractivity contribution in [3.63, 3.8) is 0 Å². The van der Waals surface area contributed by atoms with Crippen LogP contribution in [0.4, 0.5) is 5.69 Å². The van der Waals surface area contributed by atoms with E-state index in [1.54, 1.807) is 7.11 Å². The van der Waals surface area contributed by atoms with Crippen LogP contribution in [0.1, 0.15) is 37.8 Å². The zero-order valence-electron chi connectivity index (χ0n) is 18.2. The van der Waals surface area contributed by atoms with Gasteiger partial charge in [-0.3, -0.25) is 14.5 Å². The van der Waals surface area contributed by atoms with Crippen LogP contribution in [-0.2, 0) is 9.59 Å². The Bertz CT molecular complexity index is 849. The smallest absolute Gasteiger partial charge is 0.230 e. The maximum Gasteiger partial charge on any atom is 0.230 e. The zero-order chi connectivity index (χ0) is 22.1. The lowest BCUT2D eigenvalue weighted by molar-refractivity contribution is -0.119. The topological polar surface area (TPSA) is 70.7 Å². The average Bonchev–Trinajstić information content (AvgIpc) is 2.79. The predicted octanol–water partition coefficient (Wildman–Crippen LogP) is 4.09. The Balaban J connectivity index is 1.54. The number of carbonyl (C=O) groups excluding carboxylic acids is 2. The highest BCUT2D eigenvalue weighted by atomic mass is 32.2. The predicted molar refractivity (Wildman–Crippen MR) is 126 cm³/mol. The van der Waals surface area contributed by atoms with Gasteiger partial charge in [0.2, 0.25) is 11.8 Å². The van der Waals surface area contributed by atoms with Gasteiger partial charge in [0.05, 0.1) is 18.9 Å². The van der Waals surface area contributed by atoms with E-state index in [9.17, 15) is 9.59 Å². The minimum atomic E-state index is -0.0973. The molecular weight excluding hydrogens is 410 g/mol. The Morgan fingerprint density at radius 1 is 1.03 bits per heavy atom. The first-order valence-electron chi connectivity index (χ1n) is 10.7. The number of carbonyl (C=O) groups is 2. The molecular formula is C24H31N3O3S. The third-order valence-corrected chi connectivity index (χ3v) is 6.38. The lowest BCUT2D eigenvalue weighted by Gasteiger charge is -2.35. The van der Waals surface area contributed by atoms with Crippen LogP contribution in [0, 0.1) is 0 Å². The van der Waals surface area contributed by atoms with E-state index < -0.39 is 0 Å². The van der Waals surface area contributed by atoms with Crippen molar-refractivity contribution in [1.82, 2.24) is 10.2 Å². The second-order valence-corrected chi connectivity index (χ2v) is 8.73. The van der Waals surface area contributed by atoms with Gasteiger partial charge in [0, 0.05) is 24.1 Å². The molecule has 2 aromatic rings. The summed E-state index contributed by atoms with van der Waals surface area (Å²) in [6.45, 7) is 4.19. The molecule has 1 aliphatic rings. The van der Waals surface area contributed by atoms with Crippen molar-refractivity contribution < 1.29 is 14.3 Å². The van der Waals surface area contributed by atoms with Crippen molar-refractivity contribution in [2.75, 3.05) is 37.8 Å². The molecule has 1 aliphatic heterocycles. The zero-order valence-corrected chi connectivity index (χ0v) is 19.0. The number of benzene rings is 2. The van der Waals surface area contributed by atoms with E-state index >= 15 is 0 Å². The van der Waals surface area contributed by atoms with Crippen molar-refractivity contribution >= 4 is 29.3 Å². The molecule has 0 unspecified atom stereocenters. The number of anilines is 1. The van der Waals surface area contributed by atoms with Crippen molar-refractivity contribution in [3.05, 3.63) is 54.1 Å². The summed E-state index contributed by atoms with van der Waals surface area (Å²) in [7, 11) is 1.67. The van der Waals surface area contributed by atoms with E-state index in [0.717, 1.165) is 29.4 Å². The average molecular weight is 442 g/mol. The molecule has 2 N–H and O–H groups in total. The Labute approximate surface area is 188 Å². The molecule has 2 aromatic carbocycles. The van der Waals surface area contributed by atoms with Crippen LogP contribution in [0.3, 0.4) is 0 Å². The summed E-state index contributed by atoms with van der Waals surface area (Å²) in [5.74, 6) is 1.12. The number of thioether (sulfide) groups is 1.